The van der Waals surface area contributed by atoms with E-state index in [4.69, 9.17) is 9.47 Å². The molecule has 2 aliphatic carbocycles. The number of esters is 1. The van der Waals surface area contributed by atoms with E-state index in [0.29, 0.717) is 12.8 Å². The maximum atomic E-state index is 12.7. The normalized spacial score (nSPS) is 48.2. The van der Waals surface area contributed by atoms with Gasteiger partial charge in [-0.2, -0.15) is 0 Å². The summed E-state index contributed by atoms with van der Waals surface area (Å²) in [6.07, 6.45) is -1.80. The number of fused-ring (bicyclic) bond motifs is 1. The molecule has 26 heavy (non-hydrogen) atoms. The van der Waals surface area contributed by atoms with Gasteiger partial charge in [0.05, 0.1) is 12.0 Å². The van der Waals surface area contributed by atoms with Crippen LogP contribution < -0.4 is 0 Å². The Morgan fingerprint density at radius 3 is 2.50 bits per heavy atom. The van der Waals surface area contributed by atoms with Gasteiger partial charge in [0.25, 0.3) is 0 Å². The molecule has 0 amide bonds. The van der Waals surface area contributed by atoms with Gasteiger partial charge in [0.1, 0.15) is 23.1 Å². The Hall–Kier alpha value is -1.73. The van der Waals surface area contributed by atoms with E-state index in [9.17, 15) is 24.6 Å². The third-order valence-corrected chi connectivity index (χ3v) is 6.92. The molecule has 7 nitrogen and oxygen atoms in total. The zero-order chi connectivity index (χ0) is 19.0. The summed E-state index contributed by atoms with van der Waals surface area (Å²) in [7, 11) is 0. The summed E-state index contributed by atoms with van der Waals surface area (Å²) < 4.78 is 11.7. The molecule has 142 valence electrons. The average Bonchev–Trinajstić information content (AvgIpc) is 2.82. The number of carbonyl (C=O) groups is 3. The van der Waals surface area contributed by atoms with Crippen molar-refractivity contribution in [3.05, 3.63) is 11.3 Å². The van der Waals surface area contributed by atoms with Gasteiger partial charge >= 0.3 is 5.97 Å². The van der Waals surface area contributed by atoms with Gasteiger partial charge in [-0.15, -0.1) is 0 Å². The Morgan fingerprint density at radius 2 is 1.81 bits per heavy atom. The van der Waals surface area contributed by atoms with Gasteiger partial charge in [-0.3, -0.25) is 9.59 Å². The van der Waals surface area contributed by atoms with E-state index in [2.05, 4.69) is 0 Å². The highest BCUT2D eigenvalue weighted by molar-refractivity contribution is 6.19. The summed E-state index contributed by atoms with van der Waals surface area (Å²) >= 11 is 0. The molecular formula is C19H24O7. The third kappa shape index (κ3) is 2.04. The predicted octanol–water partition coefficient (Wildman–Crippen LogP) is 0.661. The zero-order valence-electron chi connectivity index (χ0n) is 15.2. The lowest BCUT2D eigenvalue weighted by molar-refractivity contribution is -0.286. The van der Waals surface area contributed by atoms with Crippen molar-refractivity contribution in [1.29, 1.82) is 0 Å². The van der Waals surface area contributed by atoms with E-state index >= 15 is 0 Å². The molecule has 0 unspecified atom stereocenters. The molecule has 1 spiro atoms. The fraction of sp³-hybridized carbons (Fsp3) is 0.737. The van der Waals surface area contributed by atoms with Crippen molar-refractivity contribution in [2.75, 3.05) is 0 Å². The molecule has 5 bridgehead atoms. The van der Waals surface area contributed by atoms with Crippen LogP contribution >= 0.6 is 0 Å². The molecule has 3 heterocycles. The largest absolute Gasteiger partial charge is 0.484 e. The second kappa shape index (κ2) is 5.39. The summed E-state index contributed by atoms with van der Waals surface area (Å²) in [5.41, 5.74) is -2.56. The highest BCUT2D eigenvalue weighted by atomic mass is 16.6. The number of Topliss-reactive ketones (excluding diaryl/α,β-unsaturated/α-hetero) is 2. The molecule has 3 fully saturated rings. The maximum Gasteiger partial charge on any atom is 0.346 e. The molecule has 0 aromatic carbocycles. The summed E-state index contributed by atoms with van der Waals surface area (Å²) in [6, 6.07) is 0. The van der Waals surface area contributed by atoms with Crippen LogP contribution in [0, 0.1) is 17.8 Å². The highest BCUT2D eigenvalue weighted by Gasteiger charge is 2.72. The lowest BCUT2D eigenvalue weighted by Gasteiger charge is -2.60. The first-order chi connectivity index (χ1) is 12.1. The zero-order valence-corrected chi connectivity index (χ0v) is 15.2. The SMILES string of the molecule is C[C@H]1CCC(=O)C2=C3O[C@@]4(C)[C@@H](C)C[C@]3(OC2=O)[C@@H]([C@H](O)CC1=O)[C@@H]4O. The average molecular weight is 364 g/mol. The smallest absolute Gasteiger partial charge is 0.346 e. The Balaban J connectivity index is 1.92. The van der Waals surface area contributed by atoms with E-state index in [1.54, 1.807) is 13.8 Å². The Bertz CT molecular complexity index is 740. The van der Waals surface area contributed by atoms with Crippen LogP contribution in [-0.2, 0) is 23.9 Å². The number of hydrogen-bond acceptors (Lipinski definition) is 7. The first-order valence-electron chi connectivity index (χ1n) is 9.21. The van der Waals surface area contributed by atoms with Crippen LogP contribution in [0.5, 0.6) is 0 Å². The van der Waals surface area contributed by atoms with Crippen LogP contribution in [0.2, 0.25) is 0 Å². The molecule has 0 radical (unpaired) electrons. The van der Waals surface area contributed by atoms with E-state index in [0.717, 1.165) is 0 Å². The van der Waals surface area contributed by atoms with Crippen molar-refractivity contribution >= 4 is 17.5 Å². The van der Waals surface area contributed by atoms with Gasteiger partial charge in [0.15, 0.2) is 17.1 Å². The van der Waals surface area contributed by atoms with E-state index in [1.165, 1.54) is 0 Å². The minimum Gasteiger partial charge on any atom is -0.484 e. The fourth-order valence-electron chi connectivity index (χ4n) is 5.07. The molecule has 7 atom stereocenters. The molecule has 0 aromatic rings. The van der Waals surface area contributed by atoms with Crippen molar-refractivity contribution in [2.45, 2.75) is 69.9 Å². The quantitative estimate of drug-likeness (QED) is 0.480. The van der Waals surface area contributed by atoms with Crippen LogP contribution in [0.4, 0.5) is 0 Å². The van der Waals surface area contributed by atoms with E-state index in [-0.39, 0.29) is 35.9 Å². The van der Waals surface area contributed by atoms with Crippen LogP contribution in [-0.4, -0.2) is 51.2 Å². The first kappa shape index (κ1) is 17.7. The molecule has 2 N–H and O–H groups in total. The van der Waals surface area contributed by atoms with Crippen molar-refractivity contribution in [3.63, 3.8) is 0 Å². The summed E-state index contributed by atoms with van der Waals surface area (Å²) in [5, 5.41) is 21.8. The molecule has 2 saturated heterocycles. The van der Waals surface area contributed by atoms with Crippen molar-refractivity contribution < 1.29 is 34.1 Å². The van der Waals surface area contributed by atoms with Crippen LogP contribution in [0.25, 0.3) is 0 Å². The number of ether oxygens (including phenoxy) is 2. The Labute approximate surface area is 151 Å². The maximum absolute atomic E-state index is 12.7. The van der Waals surface area contributed by atoms with Gasteiger partial charge in [0.2, 0.25) is 0 Å². The fourth-order valence-corrected chi connectivity index (χ4v) is 5.07. The number of ketones is 2. The van der Waals surface area contributed by atoms with Gasteiger partial charge in [-0.1, -0.05) is 13.8 Å². The topological polar surface area (TPSA) is 110 Å². The lowest BCUT2D eigenvalue weighted by Crippen LogP contribution is -2.71. The molecule has 3 aliphatic heterocycles. The second-order valence-corrected chi connectivity index (χ2v) is 8.45. The van der Waals surface area contributed by atoms with E-state index in [1.807, 2.05) is 6.92 Å². The summed E-state index contributed by atoms with van der Waals surface area (Å²) in [4.78, 5) is 37.7. The van der Waals surface area contributed by atoms with Crippen LogP contribution in [0.1, 0.15) is 46.5 Å². The molecule has 1 saturated carbocycles. The van der Waals surface area contributed by atoms with Gasteiger partial charge in [-0.25, -0.2) is 4.79 Å². The number of hydrogen-bond donors (Lipinski definition) is 2. The summed E-state index contributed by atoms with van der Waals surface area (Å²) in [5.74, 6) is -2.66. The predicted molar refractivity (Wildman–Crippen MR) is 87.7 cm³/mol. The van der Waals surface area contributed by atoms with Crippen molar-refractivity contribution in [2.24, 2.45) is 17.8 Å². The minimum absolute atomic E-state index is 0.0376. The summed E-state index contributed by atoms with van der Waals surface area (Å²) in [6.45, 7) is 5.30. The van der Waals surface area contributed by atoms with E-state index < -0.39 is 47.0 Å². The van der Waals surface area contributed by atoms with Gasteiger partial charge < -0.3 is 19.7 Å². The number of carbonyl (C=O) groups excluding carboxylic acids is 3. The first-order valence-corrected chi connectivity index (χ1v) is 9.21. The molecule has 0 aromatic heterocycles. The Morgan fingerprint density at radius 1 is 1.12 bits per heavy atom. The highest BCUT2D eigenvalue weighted by Crippen LogP contribution is 2.61. The van der Waals surface area contributed by atoms with Crippen molar-refractivity contribution in [1.82, 2.24) is 0 Å². The number of aliphatic hydroxyl groups is 2. The number of rotatable bonds is 0. The molecule has 5 rings (SSSR count). The standard InChI is InChI=1S/C19H24O7/c1-8-4-5-10(20)13-16-19(26-17(13)24)7-9(2)18(3,25-16)15(23)14(19)12(22)6-11(8)21/h8-9,12,14-15,22-23H,4-7H2,1-3H3/t8-,9-,12+,14-,15-,18-,19-/m0/s1. The molecule has 5 aliphatic rings. The van der Waals surface area contributed by atoms with Crippen molar-refractivity contribution in [3.8, 4) is 0 Å². The van der Waals surface area contributed by atoms with Gasteiger partial charge in [-0.05, 0) is 13.3 Å². The van der Waals surface area contributed by atoms with Crippen LogP contribution in [0.3, 0.4) is 0 Å². The lowest BCUT2D eigenvalue weighted by atomic mass is 9.57. The minimum atomic E-state index is -1.38. The Kier molecular flexibility index (Phi) is 3.66. The second-order valence-electron chi connectivity index (χ2n) is 8.45. The monoisotopic (exact) mass is 364 g/mol. The van der Waals surface area contributed by atoms with Crippen LogP contribution in [0.15, 0.2) is 11.3 Å². The molecule has 7 heteroatoms. The number of aliphatic hydroxyl groups excluding tert-OH is 2. The van der Waals surface area contributed by atoms with Gasteiger partial charge in [0, 0.05) is 31.1 Å². The molecular weight excluding hydrogens is 340 g/mol. The third-order valence-electron chi connectivity index (χ3n) is 6.92.